The standard InChI is InChI=1S/C23H28N2O3/c1-28-21-7-3-2-6-19(21)11-14-22(26)24-20-12-8-18(9-13-20)10-15-23(27)25-16-4-5-17-25/h2-3,6-9,12-13H,4-5,10-11,14-17H2,1H3,(H,24,26). The van der Waals surface area contributed by atoms with Crippen LogP contribution < -0.4 is 10.1 Å². The van der Waals surface area contributed by atoms with Crippen LogP contribution in [0.3, 0.4) is 0 Å². The second kappa shape index (κ2) is 9.93. The molecule has 28 heavy (non-hydrogen) atoms. The van der Waals surface area contributed by atoms with Gasteiger partial charge in [0.2, 0.25) is 11.8 Å². The molecule has 0 atom stereocenters. The van der Waals surface area contributed by atoms with Gasteiger partial charge >= 0.3 is 0 Å². The van der Waals surface area contributed by atoms with Crippen molar-refractivity contribution >= 4 is 17.5 Å². The van der Waals surface area contributed by atoms with Crippen LogP contribution >= 0.6 is 0 Å². The number of aryl methyl sites for hydroxylation is 2. The lowest BCUT2D eigenvalue weighted by atomic mass is 10.1. The molecule has 0 radical (unpaired) electrons. The Morgan fingerprint density at radius 1 is 0.964 bits per heavy atom. The largest absolute Gasteiger partial charge is 0.496 e. The molecule has 1 saturated heterocycles. The molecule has 2 aromatic rings. The molecule has 5 nitrogen and oxygen atoms in total. The van der Waals surface area contributed by atoms with Crippen molar-refractivity contribution in [1.29, 1.82) is 0 Å². The van der Waals surface area contributed by atoms with Crippen LogP contribution in [0.5, 0.6) is 5.75 Å². The van der Waals surface area contributed by atoms with Gasteiger partial charge in [-0.3, -0.25) is 9.59 Å². The predicted octanol–water partition coefficient (Wildman–Crippen LogP) is 3.82. The maximum absolute atomic E-state index is 12.2. The van der Waals surface area contributed by atoms with Gasteiger partial charge in [0, 0.05) is 31.6 Å². The zero-order valence-corrected chi connectivity index (χ0v) is 16.4. The van der Waals surface area contributed by atoms with E-state index in [1.165, 1.54) is 0 Å². The van der Waals surface area contributed by atoms with E-state index in [1.807, 2.05) is 53.4 Å². The second-order valence-electron chi connectivity index (χ2n) is 7.14. The minimum atomic E-state index is -0.0251. The van der Waals surface area contributed by atoms with Crippen molar-refractivity contribution in [3.63, 3.8) is 0 Å². The molecule has 1 aliphatic rings. The summed E-state index contributed by atoms with van der Waals surface area (Å²) < 4.78 is 5.32. The maximum Gasteiger partial charge on any atom is 0.224 e. The van der Waals surface area contributed by atoms with Gasteiger partial charge in [0.05, 0.1) is 7.11 Å². The van der Waals surface area contributed by atoms with Gasteiger partial charge in [0.1, 0.15) is 5.75 Å². The van der Waals surface area contributed by atoms with E-state index in [4.69, 9.17) is 4.74 Å². The van der Waals surface area contributed by atoms with Gasteiger partial charge in [0.15, 0.2) is 0 Å². The van der Waals surface area contributed by atoms with Crippen molar-refractivity contribution in [2.75, 3.05) is 25.5 Å². The number of ether oxygens (including phenoxy) is 1. The fourth-order valence-electron chi connectivity index (χ4n) is 3.51. The molecule has 5 heteroatoms. The third kappa shape index (κ3) is 5.59. The van der Waals surface area contributed by atoms with Crippen LogP contribution in [0.15, 0.2) is 48.5 Å². The van der Waals surface area contributed by atoms with E-state index >= 15 is 0 Å². The Bertz CT molecular complexity index is 796. The number of hydrogen-bond acceptors (Lipinski definition) is 3. The molecule has 1 heterocycles. The van der Waals surface area contributed by atoms with Gasteiger partial charge in [0.25, 0.3) is 0 Å². The van der Waals surface area contributed by atoms with E-state index in [-0.39, 0.29) is 11.8 Å². The van der Waals surface area contributed by atoms with Gasteiger partial charge in [-0.15, -0.1) is 0 Å². The highest BCUT2D eigenvalue weighted by atomic mass is 16.5. The molecule has 0 spiro atoms. The van der Waals surface area contributed by atoms with Gasteiger partial charge < -0.3 is 15.0 Å². The minimum Gasteiger partial charge on any atom is -0.496 e. The Morgan fingerprint density at radius 3 is 2.39 bits per heavy atom. The van der Waals surface area contributed by atoms with Crippen molar-refractivity contribution in [1.82, 2.24) is 4.90 Å². The van der Waals surface area contributed by atoms with E-state index in [1.54, 1.807) is 7.11 Å². The molecule has 0 bridgehead atoms. The van der Waals surface area contributed by atoms with Gasteiger partial charge in [-0.25, -0.2) is 0 Å². The molecule has 0 unspecified atom stereocenters. The topological polar surface area (TPSA) is 58.6 Å². The summed E-state index contributed by atoms with van der Waals surface area (Å²) in [6.07, 6.45) is 4.55. The van der Waals surface area contributed by atoms with Crippen molar-refractivity contribution in [2.24, 2.45) is 0 Å². The lowest BCUT2D eigenvalue weighted by Gasteiger charge is -2.15. The smallest absolute Gasteiger partial charge is 0.224 e. The average molecular weight is 380 g/mol. The Hall–Kier alpha value is -2.82. The highest BCUT2D eigenvalue weighted by Crippen LogP contribution is 2.19. The number of para-hydroxylation sites is 1. The Morgan fingerprint density at radius 2 is 1.68 bits per heavy atom. The summed E-state index contributed by atoms with van der Waals surface area (Å²) in [4.78, 5) is 26.3. The van der Waals surface area contributed by atoms with E-state index in [9.17, 15) is 9.59 Å². The molecule has 3 rings (SSSR count). The molecular weight excluding hydrogens is 352 g/mol. The number of hydrogen-bond donors (Lipinski definition) is 1. The maximum atomic E-state index is 12.2. The van der Waals surface area contributed by atoms with Crippen LogP contribution in [0.1, 0.15) is 36.8 Å². The van der Waals surface area contributed by atoms with E-state index in [0.717, 1.165) is 54.9 Å². The van der Waals surface area contributed by atoms with Crippen molar-refractivity contribution < 1.29 is 14.3 Å². The first-order valence-electron chi connectivity index (χ1n) is 9.94. The summed E-state index contributed by atoms with van der Waals surface area (Å²) in [5.74, 6) is 1.03. The number of anilines is 1. The van der Waals surface area contributed by atoms with Gasteiger partial charge in [-0.05, 0) is 55.0 Å². The number of carbonyl (C=O) groups is 2. The summed E-state index contributed by atoms with van der Waals surface area (Å²) in [6, 6.07) is 15.5. The number of likely N-dealkylation sites (tertiary alicyclic amines) is 1. The van der Waals surface area contributed by atoms with Crippen LogP contribution in [0.25, 0.3) is 0 Å². The third-order valence-electron chi connectivity index (χ3n) is 5.14. The predicted molar refractivity (Wildman–Crippen MR) is 111 cm³/mol. The third-order valence-corrected chi connectivity index (χ3v) is 5.14. The van der Waals surface area contributed by atoms with E-state index in [2.05, 4.69) is 5.32 Å². The molecule has 2 amide bonds. The fourth-order valence-corrected chi connectivity index (χ4v) is 3.51. The molecule has 0 aromatic heterocycles. The van der Waals surface area contributed by atoms with Crippen LogP contribution in [0.2, 0.25) is 0 Å². The van der Waals surface area contributed by atoms with Crippen molar-refractivity contribution in [2.45, 2.75) is 38.5 Å². The summed E-state index contributed by atoms with van der Waals surface area (Å²) in [7, 11) is 1.64. The Kier molecular flexibility index (Phi) is 7.06. The lowest BCUT2D eigenvalue weighted by molar-refractivity contribution is -0.130. The summed E-state index contributed by atoms with van der Waals surface area (Å²) in [5, 5.41) is 2.93. The number of carbonyl (C=O) groups excluding carboxylic acids is 2. The SMILES string of the molecule is COc1ccccc1CCC(=O)Nc1ccc(CCC(=O)N2CCCC2)cc1. The van der Waals surface area contributed by atoms with Gasteiger partial charge in [-0.1, -0.05) is 30.3 Å². The molecule has 0 saturated carbocycles. The summed E-state index contributed by atoms with van der Waals surface area (Å²) in [5.41, 5.74) is 2.91. The number of nitrogens with zero attached hydrogens (tertiary/aromatic N) is 1. The highest BCUT2D eigenvalue weighted by molar-refractivity contribution is 5.90. The average Bonchev–Trinajstić information content (AvgIpc) is 3.27. The molecule has 2 aromatic carbocycles. The molecule has 1 N–H and O–H groups in total. The van der Waals surface area contributed by atoms with Crippen LogP contribution in [0.4, 0.5) is 5.69 Å². The van der Waals surface area contributed by atoms with Gasteiger partial charge in [-0.2, -0.15) is 0 Å². The molecule has 1 fully saturated rings. The van der Waals surface area contributed by atoms with E-state index in [0.29, 0.717) is 19.3 Å². The molecule has 0 aliphatic carbocycles. The fraction of sp³-hybridized carbons (Fsp3) is 0.391. The number of benzene rings is 2. The summed E-state index contributed by atoms with van der Waals surface area (Å²) in [6.45, 7) is 1.80. The lowest BCUT2D eigenvalue weighted by Crippen LogP contribution is -2.27. The first kappa shape index (κ1) is 19.9. The Balaban J connectivity index is 1.44. The van der Waals surface area contributed by atoms with Crippen molar-refractivity contribution in [3.8, 4) is 5.75 Å². The molecule has 148 valence electrons. The highest BCUT2D eigenvalue weighted by Gasteiger charge is 2.17. The molecule has 1 aliphatic heterocycles. The number of methoxy groups -OCH3 is 1. The minimum absolute atomic E-state index is 0.0251. The monoisotopic (exact) mass is 380 g/mol. The number of nitrogens with one attached hydrogen (secondary N) is 1. The van der Waals surface area contributed by atoms with Crippen molar-refractivity contribution in [3.05, 3.63) is 59.7 Å². The van der Waals surface area contributed by atoms with Crippen LogP contribution in [-0.2, 0) is 22.4 Å². The van der Waals surface area contributed by atoms with Crippen LogP contribution in [0, 0.1) is 0 Å². The van der Waals surface area contributed by atoms with Crippen LogP contribution in [-0.4, -0.2) is 36.9 Å². The Labute approximate surface area is 166 Å². The zero-order chi connectivity index (χ0) is 19.8. The van der Waals surface area contributed by atoms with E-state index < -0.39 is 0 Å². The quantitative estimate of drug-likeness (QED) is 0.757. The number of rotatable bonds is 8. The first-order chi connectivity index (χ1) is 13.7. The number of amides is 2. The summed E-state index contributed by atoms with van der Waals surface area (Å²) >= 11 is 0. The normalized spacial score (nSPS) is 13.4. The second-order valence-corrected chi connectivity index (χ2v) is 7.14. The zero-order valence-electron chi connectivity index (χ0n) is 16.4. The molecular formula is C23H28N2O3. The first-order valence-corrected chi connectivity index (χ1v) is 9.94.